The first-order valence-electron chi connectivity index (χ1n) is 21.5. The van der Waals surface area contributed by atoms with Crippen LogP contribution in [0.5, 0.6) is 17.2 Å². The van der Waals surface area contributed by atoms with Crippen LogP contribution in [-0.4, -0.2) is 113 Å². The number of aliphatic hydroxyl groups is 1. The van der Waals surface area contributed by atoms with Crippen molar-refractivity contribution in [3.63, 3.8) is 0 Å². The number of carbonyl (C=O) groups is 3. The predicted molar refractivity (Wildman–Crippen MR) is 233 cm³/mol. The summed E-state index contributed by atoms with van der Waals surface area (Å²) in [7, 11) is 4.98. The van der Waals surface area contributed by atoms with E-state index in [9.17, 15) is 28.3 Å². The number of amides is 3. The number of rotatable bonds is 18. The number of fused-ring (bicyclic) bond motifs is 2. The fourth-order valence-electron chi connectivity index (χ4n) is 8.63. The highest BCUT2D eigenvalue weighted by atomic mass is 19.3. The Morgan fingerprint density at radius 1 is 0.984 bits per heavy atom. The van der Waals surface area contributed by atoms with Crippen LogP contribution in [0.2, 0.25) is 0 Å². The van der Waals surface area contributed by atoms with Gasteiger partial charge in [-0.2, -0.15) is 13.9 Å². The van der Waals surface area contributed by atoms with Gasteiger partial charge in [0.15, 0.2) is 18.1 Å². The minimum atomic E-state index is -3.35. The Hall–Kier alpha value is -5.94. The van der Waals surface area contributed by atoms with E-state index in [-0.39, 0.29) is 36.3 Å². The summed E-state index contributed by atoms with van der Waals surface area (Å²) in [6, 6.07) is 13.0. The van der Waals surface area contributed by atoms with E-state index in [0.717, 1.165) is 67.2 Å². The third-order valence-corrected chi connectivity index (χ3v) is 12.1. The lowest BCUT2D eigenvalue weighted by atomic mass is 9.93. The molecule has 3 N–H and O–H groups in total. The maximum absolute atomic E-state index is 14.3. The van der Waals surface area contributed by atoms with Crippen LogP contribution in [0.4, 0.5) is 14.6 Å². The van der Waals surface area contributed by atoms with Crippen LogP contribution in [0.15, 0.2) is 48.5 Å². The molecule has 2 unspecified atom stereocenters. The second kappa shape index (κ2) is 19.6. The van der Waals surface area contributed by atoms with Crippen molar-refractivity contribution in [1.29, 1.82) is 0 Å². The van der Waals surface area contributed by atoms with Gasteiger partial charge in [-0.1, -0.05) is 43.2 Å². The first-order valence-corrected chi connectivity index (χ1v) is 21.5. The second-order valence-corrected chi connectivity index (χ2v) is 16.3. The number of aliphatic hydroxyl groups excluding tert-OH is 1. The summed E-state index contributed by atoms with van der Waals surface area (Å²) >= 11 is 0. The van der Waals surface area contributed by atoms with Crippen LogP contribution < -0.4 is 24.8 Å². The van der Waals surface area contributed by atoms with E-state index in [1.165, 1.54) is 12.1 Å². The quantitative estimate of drug-likeness (QED) is 0.0700. The number of ether oxygens (including phenoxy) is 3. The Bertz CT molecular complexity index is 2470. The molecule has 7 rings (SSSR count). The maximum atomic E-state index is 14.3. The number of anilines is 1. The van der Waals surface area contributed by atoms with Crippen LogP contribution in [0.1, 0.15) is 85.6 Å². The molecule has 2 saturated heterocycles. The van der Waals surface area contributed by atoms with Crippen molar-refractivity contribution in [3.05, 3.63) is 76.7 Å². The Kier molecular flexibility index (Phi) is 14.0. The molecule has 0 saturated carbocycles. The SMILES string of the molecule is COc1cc2c(NC(C)c3cccc(C(F)(F)CO)c3)nc(C)nc2c(CCCCCCN2CCN(C(=O)COc3cccc4c(C5CCC(=O)NC5=O)nn(C)c34)CC2)c1OC. The summed E-state index contributed by atoms with van der Waals surface area (Å²) in [5.74, 6) is -1.83. The number of imide groups is 1. The normalized spacial score (nSPS) is 16.6. The molecular formula is C46H56F2N8O7. The number of carbonyl (C=O) groups excluding carboxylic acids is 3. The molecule has 3 amide bonds. The van der Waals surface area contributed by atoms with E-state index >= 15 is 0 Å². The predicted octanol–water partition coefficient (Wildman–Crippen LogP) is 5.95. The van der Waals surface area contributed by atoms with Crippen molar-refractivity contribution in [3.8, 4) is 17.2 Å². The number of benzene rings is 3. The number of nitrogens with zero attached hydrogens (tertiary/aromatic N) is 6. The monoisotopic (exact) mass is 870 g/mol. The first-order chi connectivity index (χ1) is 30.3. The molecule has 2 aliphatic heterocycles. The van der Waals surface area contributed by atoms with Gasteiger partial charge in [-0.25, -0.2) is 9.97 Å². The van der Waals surface area contributed by atoms with Crippen LogP contribution in [0.3, 0.4) is 0 Å². The summed E-state index contributed by atoms with van der Waals surface area (Å²) in [6.07, 6.45) is 5.25. The fourth-order valence-corrected chi connectivity index (χ4v) is 8.63. The Labute approximate surface area is 365 Å². The van der Waals surface area contributed by atoms with E-state index in [4.69, 9.17) is 24.2 Å². The van der Waals surface area contributed by atoms with E-state index < -0.39 is 24.5 Å². The first kappa shape index (κ1) is 45.1. The number of hydrogen-bond donors (Lipinski definition) is 3. The van der Waals surface area contributed by atoms with Gasteiger partial charge < -0.3 is 29.5 Å². The molecular weight excluding hydrogens is 815 g/mol. The molecule has 2 aromatic heterocycles. The number of hydrogen-bond acceptors (Lipinski definition) is 12. The molecule has 4 heterocycles. The number of nitrogens with one attached hydrogen (secondary N) is 2. The standard InChI is InChI=1S/C46H56F2N8O7/c1-28(30-12-10-13-31(24-30)46(47,48)27-57)49-44-35-25-37(61-4)43(62-5)33(40(35)50-29(2)51-44)14-8-6-7-9-19-55-20-22-56(23-21-55)39(59)26-63-36-16-11-15-32-41(53-54(3)42(32)36)34-17-18-38(58)52-45(34)60/h10-13,15-16,24-25,28,34,57H,6-9,14,17-23,26-27H2,1-5H3,(H,49,50,51)(H,52,58,60). The van der Waals surface area contributed by atoms with Gasteiger partial charge in [0.25, 0.3) is 11.8 Å². The highest BCUT2D eigenvalue weighted by molar-refractivity contribution is 6.03. The van der Waals surface area contributed by atoms with Crippen LogP contribution in [-0.2, 0) is 33.8 Å². The molecule has 63 heavy (non-hydrogen) atoms. The van der Waals surface area contributed by atoms with Crippen LogP contribution in [0.25, 0.3) is 21.8 Å². The molecule has 2 atom stereocenters. The number of methoxy groups -OCH3 is 2. The number of para-hydroxylation sites is 1. The Balaban J connectivity index is 0.896. The van der Waals surface area contributed by atoms with Gasteiger partial charge in [-0.15, -0.1) is 0 Å². The Morgan fingerprint density at radius 3 is 2.48 bits per heavy atom. The van der Waals surface area contributed by atoms with Crippen LogP contribution in [0, 0.1) is 6.92 Å². The smallest absolute Gasteiger partial charge is 0.295 e. The zero-order valence-electron chi connectivity index (χ0n) is 36.5. The lowest BCUT2D eigenvalue weighted by molar-refractivity contribution is -0.135. The van der Waals surface area contributed by atoms with E-state index in [1.807, 2.05) is 36.9 Å². The molecule has 0 bridgehead atoms. The average Bonchev–Trinajstić information content (AvgIpc) is 3.62. The third kappa shape index (κ3) is 9.99. The molecule has 2 aliphatic rings. The molecule has 0 spiro atoms. The van der Waals surface area contributed by atoms with Crippen molar-refractivity contribution in [2.75, 3.05) is 65.5 Å². The zero-order chi connectivity index (χ0) is 44.8. The van der Waals surface area contributed by atoms with E-state index in [2.05, 4.69) is 20.6 Å². The topological polar surface area (TPSA) is 173 Å². The number of halogens is 2. The molecule has 0 radical (unpaired) electrons. The number of unbranched alkanes of at least 4 members (excludes halogenated alkanes) is 3. The van der Waals surface area contributed by atoms with Crippen molar-refractivity contribution >= 4 is 45.3 Å². The van der Waals surface area contributed by atoms with Gasteiger partial charge in [0.05, 0.1) is 31.3 Å². The number of aryl methyl sites for hydroxylation is 3. The zero-order valence-corrected chi connectivity index (χ0v) is 36.5. The largest absolute Gasteiger partial charge is 0.493 e. The summed E-state index contributed by atoms with van der Waals surface area (Å²) in [6.45, 7) is 6.01. The Morgan fingerprint density at radius 2 is 1.75 bits per heavy atom. The minimum absolute atomic E-state index is 0.0889. The fraction of sp³-hybridized carbons (Fsp3) is 0.478. The molecule has 15 nitrogen and oxygen atoms in total. The summed E-state index contributed by atoms with van der Waals surface area (Å²) in [4.78, 5) is 51.3. The summed E-state index contributed by atoms with van der Waals surface area (Å²) in [5.41, 5.74) is 3.30. The van der Waals surface area contributed by atoms with Crippen molar-refractivity contribution in [2.45, 2.75) is 76.7 Å². The molecule has 5 aromatic rings. The highest BCUT2D eigenvalue weighted by Crippen LogP contribution is 2.41. The number of aromatic nitrogens is 4. The summed E-state index contributed by atoms with van der Waals surface area (Å²) in [5, 5.41) is 21.1. The van der Waals surface area contributed by atoms with Crippen molar-refractivity contribution in [1.82, 2.24) is 34.9 Å². The number of alkyl halides is 2. The number of piperazine rings is 1. The molecule has 17 heteroatoms. The molecule has 0 aliphatic carbocycles. The number of piperidine rings is 1. The van der Waals surface area contributed by atoms with E-state index in [0.29, 0.717) is 71.6 Å². The van der Waals surface area contributed by atoms with E-state index in [1.54, 1.807) is 44.1 Å². The van der Waals surface area contributed by atoms with Crippen molar-refractivity contribution in [2.24, 2.45) is 7.05 Å². The van der Waals surface area contributed by atoms with Crippen molar-refractivity contribution < 1.29 is 42.5 Å². The van der Waals surface area contributed by atoms with Gasteiger partial charge in [0, 0.05) is 67.6 Å². The maximum Gasteiger partial charge on any atom is 0.295 e. The molecule has 2 fully saturated rings. The van der Waals surface area contributed by atoms with Gasteiger partial charge in [-0.05, 0) is 69.8 Å². The molecule has 3 aromatic carbocycles. The lowest BCUT2D eigenvalue weighted by Gasteiger charge is -2.34. The van der Waals surface area contributed by atoms with Gasteiger partial charge >= 0.3 is 0 Å². The minimum Gasteiger partial charge on any atom is -0.493 e. The van der Waals surface area contributed by atoms with Gasteiger partial charge in [0.2, 0.25) is 11.8 Å². The van der Waals surface area contributed by atoms with Crippen LogP contribution >= 0.6 is 0 Å². The van der Waals surface area contributed by atoms with Gasteiger partial charge in [-0.3, -0.25) is 29.3 Å². The van der Waals surface area contributed by atoms with Gasteiger partial charge in [0.1, 0.15) is 29.5 Å². The highest BCUT2D eigenvalue weighted by Gasteiger charge is 2.33. The third-order valence-electron chi connectivity index (χ3n) is 12.1. The average molecular weight is 871 g/mol. The second-order valence-electron chi connectivity index (χ2n) is 16.3. The molecule has 336 valence electrons. The summed E-state index contributed by atoms with van der Waals surface area (Å²) < 4.78 is 48.0. The lowest BCUT2D eigenvalue weighted by Crippen LogP contribution is -2.50.